The molecule has 12 heavy (non-hydrogen) atoms. The lowest BCUT2D eigenvalue weighted by atomic mass is 10.3. The molecule has 0 atom stereocenters. The lowest BCUT2D eigenvalue weighted by Gasteiger charge is -1.83. The van der Waals surface area contributed by atoms with Gasteiger partial charge in [-0.05, 0) is 13.2 Å². The van der Waals surface area contributed by atoms with Crippen molar-refractivity contribution in [3.05, 3.63) is 28.1 Å². The molecule has 4 nitrogen and oxygen atoms in total. The highest BCUT2D eigenvalue weighted by molar-refractivity contribution is 7.79. The fourth-order valence-electron chi connectivity index (χ4n) is 0.895. The van der Waals surface area contributed by atoms with Gasteiger partial charge in [0.1, 0.15) is 0 Å². The summed E-state index contributed by atoms with van der Waals surface area (Å²) in [6.07, 6.45) is 4.91. The summed E-state index contributed by atoms with van der Waals surface area (Å²) in [6, 6.07) is 0. The molecule has 0 unspecified atom stereocenters. The van der Waals surface area contributed by atoms with Crippen LogP contribution in [0.3, 0.4) is 0 Å². The summed E-state index contributed by atoms with van der Waals surface area (Å²) in [7, 11) is 1.76. The largest absolute Gasteiger partial charge is 0.351 e. The molecule has 0 aromatic carbocycles. The van der Waals surface area contributed by atoms with Gasteiger partial charge >= 0.3 is 0 Å². The molecule has 1 aromatic rings. The Morgan fingerprint density at radius 1 is 1.50 bits per heavy atom. The van der Waals surface area contributed by atoms with Gasteiger partial charge in [-0.3, -0.25) is 10.1 Å². The van der Waals surface area contributed by atoms with Gasteiger partial charge in [0.2, 0.25) is 0 Å². The van der Waals surface area contributed by atoms with Crippen molar-refractivity contribution in [3.63, 3.8) is 0 Å². The smallest absolute Gasteiger partial charge is 0.289 e. The van der Waals surface area contributed by atoms with Crippen molar-refractivity contribution in [2.75, 3.05) is 6.26 Å². The molecule has 0 aliphatic heterocycles. The van der Waals surface area contributed by atoms with E-state index in [4.69, 9.17) is 0 Å². The van der Waals surface area contributed by atoms with Gasteiger partial charge in [0.25, 0.3) is 5.69 Å². The van der Waals surface area contributed by atoms with E-state index >= 15 is 0 Å². The van der Waals surface area contributed by atoms with E-state index < -0.39 is 0 Å². The molecule has 0 fully saturated rings. The number of nitrogens with zero attached hydrogens (tertiary/aromatic N) is 2. The molecule has 0 N–H and O–H groups in total. The van der Waals surface area contributed by atoms with Crippen molar-refractivity contribution in [2.24, 2.45) is 7.05 Å². The summed E-state index contributed by atoms with van der Waals surface area (Å²) in [5.41, 5.74) is 0.884. The van der Waals surface area contributed by atoms with Gasteiger partial charge in [-0.1, -0.05) is 0 Å². The second-order valence-corrected chi connectivity index (χ2v) is 2.25. The van der Waals surface area contributed by atoms with E-state index in [0.717, 1.165) is 0 Å². The van der Waals surface area contributed by atoms with Crippen LogP contribution in [0.4, 0.5) is 5.69 Å². The third-order valence-electron chi connectivity index (χ3n) is 1.32. The monoisotopic (exact) mass is 188 g/mol. The summed E-state index contributed by atoms with van der Waals surface area (Å²) in [4.78, 5) is 9.85. The normalized spacial score (nSPS) is 8.67. The average Bonchev–Trinajstić information content (AvgIpc) is 2.34. The molecular formula is C7H12N2O2S. The Hall–Kier alpha value is -0.970. The van der Waals surface area contributed by atoms with Gasteiger partial charge in [-0.15, -0.1) is 0 Å². The van der Waals surface area contributed by atoms with Crippen LogP contribution in [-0.4, -0.2) is 15.7 Å². The van der Waals surface area contributed by atoms with Gasteiger partial charge < -0.3 is 4.57 Å². The number of hydrogen-bond acceptors (Lipinski definition) is 3. The first-order chi connectivity index (χ1) is 5.61. The van der Waals surface area contributed by atoms with Crippen LogP contribution in [0.5, 0.6) is 0 Å². The van der Waals surface area contributed by atoms with Crippen molar-refractivity contribution < 1.29 is 4.92 Å². The number of aryl methyl sites for hydroxylation is 2. The molecule has 0 aliphatic carbocycles. The highest BCUT2D eigenvalue weighted by Crippen LogP contribution is 2.16. The second-order valence-electron chi connectivity index (χ2n) is 2.25. The molecule has 1 rings (SSSR count). The molecule has 1 aromatic heterocycles. The van der Waals surface area contributed by atoms with Crippen molar-refractivity contribution >= 4 is 18.3 Å². The Kier molecular flexibility index (Phi) is 4.43. The SMILES string of the molecule is CS.Cc1cn(C)cc1[N+](=O)[O-]. The summed E-state index contributed by atoms with van der Waals surface area (Å²) >= 11 is 3.53. The van der Waals surface area contributed by atoms with Crippen LogP contribution in [0.25, 0.3) is 0 Å². The number of rotatable bonds is 1. The van der Waals surface area contributed by atoms with Crippen molar-refractivity contribution in [2.45, 2.75) is 6.92 Å². The van der Waals surface area contributed by atoms with E-state index in [9.17, 15) is 10.1 Å². The molecule has 5 heteroatoms. The standard InChI is InChI=1S/C6H8N2O2.CH4S/c1-5-3-7(2)4-6(5)8(9)10;1-2/h3-4H,1-2H3;2H,1H3. The lowest BCUT2D eigenvalue weighted by Crippen LogP contribution is -1.86. The van der Waals surface area contributed by atoms with Crippen LogP contribution in [0.1, 0.15) is 5.56 Å². The molecule has 0 spiro atoms. The number of nitro groups is 1. The Morgan fingerprint density at radius 2 is 2.00 bits per heavy atom. The Bertz CT molecular complexity index is 270. The first-order valence-electron chi connectivity index (χ1n) is 3.33. The fraction of sp³-hybridized carbons (Fsp3) is 0.429. The predicted octanol–water partition coefficient (Wildman–Crippen LogP) is 1.79. The van der Waals surface area contributed by atoms with Crippen LogP contribution in [0.15, 0.2) is 12.4 Å². The molecular weight excluding hydrogens is 176 g/mol. The van der Waals surface area contributed by atoms with E-state index in [1.807, 2.05) is 0 Å². The summed E-state index contributed by atoms with van der Waals surface area (Å²) in [5, 5.41) is 10.2. The lowest BCUT2D eigenvalue weighted by molar-refractivity contribution is -0.385. The van der Waals surface area contributed by atoms with Gasteiger partial charge in [-0.2, -0.15) is 12.6 Å². The Labute approximate surface area is 76.8 Å². The van der Waals surface area contributed by atoms with Crippen molar-refractivity contribution in [1.82, 2.24) is 4.57 Å². The number of thiol groups is 1. The van der Waals surface area contributed by atoms with Crippen LogP contribution in [-0.2, 0) is 7.05 Å². The molecule has 1 heterocycles. The maximum atomic E-state index is 10.2. The summed E-state index contributed by atoms with van der Waals surface area (Å²) < 4.78 is 1.67. The molecule has 0 saturated heterocycles. The molecule has 0 bridgehead atoms. The zero-order valence-corrected chi connectivity index (χ0v) is 8.21. The number of aromatic nitrogens is 1. The summed E-state index contributed by atoms with van der Waals surface area (Å²) in [5.74, 6) is 0. The van der Waals surface area contributed by atoms with Crippen molar-refractivity contribution in [3.8, 4) is 0 Å². The second kappa shape index (κ2) is 4.82. The van der Waals surface area contributed by atoms with Crippen LogP contribution >= 0.6 is 12.6 Å². The van der Waals surface area contributed by atoms with Crippen LogP contribution in [0.2, 0.25) is 0 Å². The van der Waals surface area contributed by atoms with Gasteiger partial charge in [-0.25, -0.2) is 0 Å². The first kappa shape index (κ1) is 11.0. The first-order valence-corrected chi connectivity index (χ1v) is 4.22. The molecule has 0 aliphatic rings. The highest BCUT2D eigenvalue weighted by atomic mass is 32.1. The minimum absolute atomic E-state index is 0.183. The third-order valence-corrected chi connectivity index (χ3v) is 1.32. The fourth-order valence-corrected chi connectivity index (χ4v) is 0.895. The van der Waals surface area contributed by atoms with E-state index in [1.165, 1.54) is 6.20 Å². The predicted molar refractivity (Wildman–Crippen MR) is 51.7 cm³/mol. The number of hydrogen-bond donors (Lipinski definition) is 1. The quantitative estimate of drug-likeness (QED) is 0.415. The molecule has 68 valence electrons. The van der Waals surface area contributed by atoms with E-state index in [0.29, 0.717) is 5.56 Å². The third kappa shape index (κ3) is 2.58. The van der Waals surface area contributed by atoms with Crippen molar-refractivity contribution in [1.29, 1.82) is 0 Å². The molecule has 0 saturated carbocycles. The van der Waals surface area contributed by atoms with E-state index in [2.05, 4.69) is 12.6 Å². The van der Waals surface area contributed by atoms with Gasteiger partial charge in [0, 0.05) is 18.8 Å². The molecule has 0 radical (unpaired) electrons. The van der Waals surface area contributed by atoms with Gasteiger partial charge in [0.05, 0.1) is 11.1 Å². The summed E-state index contributed by atoms with van der Waals surface area (Å²) in [6.45, 7) is 1.72. The van der Waals surface area contributed by atoms with E-state index in [-0.39, 0.29) is 10.6 Å². The van der Waals surface area contributed by atoms with Crippen LogP contribution in [0, 0.1) is 17.0 Å². The highest BCUT2D eigenvalue weighted by Gasteiger charge is 2.10. The average molecular weight is 188 g/mol. The Morgan fingerprint density at radius 3 is 2.17 bits per heavy atom. The Balaban J connectivity index is 0.000000561. The minimum atomic E-state index is -0.380. The van der Waals surface area contributed by atoms with E-state index in [1.54, 1.807) is 31.0 Å². The maximum Gasteiger partial charge on any atom is 0.289 e. The minimum Gasteiger partial charge on any atom is -0.351 e. The van der Waals surface area contributed by atoms with Crippen LogP contribution < -0.4 is 0 Å². The zero-order valence-electron chi connectivity index (χ0n) is 7.31. The maximum absolute atomic E-state index is 10.2. The topological polar surface area (TPSA) is 48.1 Å². The molecule has 0 amide bonds. The van der Waals surface area contributed by atoms with Gasteiger partial charge in [0.15, 0.2) is 0 Å². The zero-order chi connectivity index (χ0) is 9.72.